The van der Waals surface area contributed by atoms with Gasteiger partial charge in [-0.15, -0.1) is 11.3 Å². The summed E-state index contributed by atoms with van der Waals surface area (Å²) in [6.45, 7) is 3.84. The summed E-state index contributed by atoms with van der Waals surface area (Å²) in [5, 5.41) is 4.06. The molecule has 0 atom stereocenters. The van der Waals surface area contributed by atoms with E-state index in [0.717, 1.165) is 20.6 Å². The first kappa shape index (κ1) is 12.0. The zero-order valence-corrected chi connectivity index (χ0v) is 11.0. The highest BCUT2D eigenvalue weighted by Gasteiger charge is 1.97. The molecular formula is C11H11ClN4S. The standard InChI is InChI=1S/C11H11ClN4S/c1-7-5-8(2)15-11(14-7)16-13-6-9-3-4-10(12)17-9/h3-6H,1-2H3,(H,14,15,16)/b13-6+. The van der Waals surface area contributed by atoms with Crippen LogP contribution in [0, 0.1) is 13.8 Å². The van der Waals surface area contributed by atoms with Crippen molar-refractivity contribution in [3.05, 3.63) is 38.8 Å². The van der Waals surface area contributed by atoms with E-state index in [1.54, 1.807) is 6.21 Å². The highest BCUT2D eigenvalue weighted by molar-refractivity contribution is 7.17. The minimum atomic E-state index is 0.501. The van der Waals surface area contributed by atoms with Crippen LogP contribution in [0.5, 0.6) is 0 Å². The number of halogens is 1. The Bertz CT molecular complexity index is 530. The molecule has 0 spiro atoms. The van der Waals surface area contributed by atoms with Crippen molar-refractivity contribution in [1.82, 2.24) is 9.97 Å². The van der Waals surface area contributed by atoms with E-state index in [2.05, 4.69) is 20.5 Å². The molecule has 0 aromatic carbocycles. The second-order valence-corrected chi connectivity index (χ2v) is 5.23. The predicted octanol–water partition coefficient (Wildman–Crippen LogP) is 3.25. The van der Waals surface area contributed by atoms with Crippen LogP contribution >= 0.6 is 22.9 Å². The minimum absolute atomic E-state index is 0.501. The number of hydrogen-bond donors (Lipinski definition) is 1. The molecule has 6 heteroatoms. The van der Waals surface area contributed by atoms with Crippen LogP contribution in [0.15, 0.2) is 23.3 Å². The lowest BCUT2D eigenvalue weighted by molar-refractivity contribution is 1.04. The number of hydrogen-bond acceptors (Lipinski definition) is 5. The Balaban J connectivity index is 2.04. The van der Waals surface area contributed by atoms with Gasteiger partial charge < -0.3 is 0 Å². The molecule has 1 N–H and O–H groups in total. The zero-order chi connectivity index (χ0) is 12.3. The van der Waals surface area contributed by atoms with Gasteiger partial charge in [-0.3, -0.25) is 0 Å². The van der Waals surface area contributed by atoms with E-state index in [1.807, 2.05) is 32.0 Å². The van der Waals surface area contributed by atoms with Crippen molar-refractivity contribution in [2.45, 2.75) is 13.8 Å². The quantitative estimate of drug-likeness (QED) is 0.685. The summed E-state index contributed by atoms with van der Waals surface area (Å²) in [5.74, 6) is 0.501. The highest BCUT2D eigenvalue weighted by Crippen LogP contribution is 2.19. The Morgan fingerprint density at radius 3 is 2.59 bits per heavy atom. The molecule has 0 amide bonds. The van der Waals surface area contributed by atoms with Gasteiger partial charge in [0.15, 0.2) is 0 Å². The SMILES string of the molecule is Cc1cc(C)nc(N/N=C/c2ccc(Cl)s2)n1. The summed E-state index contributed by atoms with van der Waals surface area (Å²) in [5.41, 5.74) is 4.62. The largest absolute Gasteiger partial charge is 0.245 e. The third-order valence-electron chi connectivity index (χ3n) is 1.93. The fourth-order valence-corrected chi connectivity index (χ4v) is 2.26. The predicted molar refractivity (Wildman–Crippen MR) is 72.1 cm³/mol. The van der Waals surface area contributed by atoms with Gasteiger partial charge in [0.1, 0.15) is 0 Å². The third-order valence-corrected chi connectivity index (χ3v) is 3.10. The molecule has 2 aromatic heterocycles. The normalized spacial score (nSPS) is 11.0. The van der Waals surface area contributed by atoms with Crippen LogP contribution in [0.2, 0.25) is 4.34 Å². The van der Waals surface area contributed by atoms with E-state index < -0.39 is 0 Å². The average Bonchev–Trinajstić information content (AvgIpc) is 2.63. The zero-order valence-electron chi connectivity index (χ0n) is 9.44. The van der Waals surface area contributed by atoms with E-state index in [4.69, 9.17) is 11.6 Å². The molecule has 0 aliphatic heterocycles. The topological polar surface area (TPSA) is 50.2 Å². The Hall–Kier alpha value is -1.46. The molecule has 0 bridgehead atoms. The van der Waals surface area contributed by atoms with Crippen LogP contribution in [0.25, 0.3) is 0 Å². The van der Waals surface area contributed by atoms with Crippen LogP contribution in [0.3, 0.4) is 0 Å². The van der Waals surface area contributed by atoms with Gasteiger partial charge in [0.05, 0.1) is 10.6 Å². The number of rotatable bonds is 3. The molecule has 0 saturated carbocycles. The van der Waals surface area contributed by atoms with Crippen LogP contribution in [0.4, 0.5) is 5.95 Å². The van der Waals surface area contributed by atoms with Gasteiger partial charge in [-0.1, -0.05) is 11.6 Å². The van der Waals surface area contributed by atoms with E-state index >= 15 is 0 Å². The summed E-state index contributed by atoms with van der Waals surface area (Å²) in [6, 6.07) is 5.65. The summed E-state index contributed by atoms with van der Waals surface area (Å²) in [7, 11) is 0. The lowest BCUT2D eigenvalue weighted by Gasteiger charge is -2.00. The first-order valence-corrected chi connectivity index (χ1v) is 6.19. The smallest absolute Gasteiger partial charge is 0.243 e. The fourth-order valence-electron chi connectivity index (χ4n) is 1.33. The monoisotopic (exact) mass is 266 g/mol. The lowest BCUT2D eigenvalue weighted by atomic mass is 10.4. The highest BCUT2D eigenvalue weighted by atomic mass is 35.5. The van der Waals surface area contributed by atoms with Crippen LogP contribution in [-0.4, -0.2) is 16.2 Å². The van der Waals surface area contributed by atoms with Crippen LogP contribution in [-0.2, 0) is 0 Å². The van der Waals surface area contributed by atoms with E-state index in [0.29, 0.717) is 5.95 Å². The number of thiophene rings is 1. The maximum Gasteiger partial charge on any atom is 0.243 e. The Kier molecular flexibility index (Phi) is 3.71. The molecule has 0 radical (unpaired) electrons. The fraction of sp³-hybridized carbons (Fsp3) is 0.182. The summed E-state index contributed by atoms with van der Waals surface area (Å²) in [6.07, 6.45) is 1.69. The molecule has 0 unspecified atom stereocenters. The molecule has 88 valence electrons. The molecule has 2 heterocycles. The van der Waals surface area contributed by atoms with Crippen LogP contribution in [0.1, 0.15) is 16.3 Å². The van der Waals surface area contributed by atoms with Gasteiger partial charge in [0.2, 0.25) is 5.95 Å². The number of anilines is 1. The Morgan fingerprint density at radius 1 is 1.29 bits per heavy atom. The van der Waals surface area contributed by atoms with Gasteiger partial charge in [0.25, 0.3) is 0 Å². The molecule has 4 nitrogen and oxygen atoms in total. The third kappa shape index (κ3) is 3.51. The molecule has 0 saturated heterocycles. The molecule has 17 heavy (non-hydrogen) atoms. The number of nitrogens with zero attached hydrogens (tertiary/aromatic N) is 3. The summed E-state index contributed by atoms with van der Waals surface area (Å²) < 4.78 is 0.745. The van der Waals surface area contributed by atoms with Crippen LogP contribution < -0.4 is 5.43 Å². The number of hydrazone groups is 1. The van der Waals surface area contributed by atoms with E-state index in [1.165, 1.54) is 11.3 Å². The molecule has 0 aliphatic carbocycles. The van der Waals surface area contributed by atoms with Gasteiger partial charge in [-0.05, 0) is 32.0 Å². The van der Waals surface area contributed by atoms with E-state index in [-0.39, 0.29) is 0 Å². The number of aryl methyl sites for hydroxylation is 2. The van der Waals surface area contributed by atoms with Gasteiger partial charge in [-0.2, -0.15) is 5.10 Å². The van der Waals surface area contributed by atoms with Crippen molar-refractivity contribution >= 4 is 35.1 Å². The van der Waals surface area contributed by atoms with Crippen molar-refractivity contribution < 1.29 is 0 Å². The van der Waals surface area contributed by atoms with Gasteiger partial charge >= 0.3 is 0 Å². The van der Waals surface area contributed by atoms with Gasteiger partial charge in [-0.25, -0.2) is 15.4 Å². The molecule has 2 rings (SSSR count). The Labute approximate surface area is 108 Å². The van der Waals surface area contributed by atoms with Crippen molar-refractivity contribution in [3.63, 3.8) is 0 Å². The molecule has 0 aliphatic rings. The number of nitrogens with one attached hydrogen (secondary N) is 1. The lowest BCUT2D eigenvalue weighted by Crippen LogP contribution is -1.99. The average molecular weight is 267 g/mol. The minimum Gasteiger partial charge on any atom is -0.245 e. The van der Waals surface area contributed by atoms with Crippen molar-refractivity contribution in [2.75, 3.05) is 5.43 Å². The Morgan fingerprint density at radius 2 is 2.00 bits per heavy atom. The second-order valence-electron chi connectivity index (χ2n) is 3.49. The second kappa shape index (κ2) is 5.25. The van der Waals surface area contributed by atoms with Crippen molar-refractivity contribution in [1.29, 1.82) is 0 Å². The first-order valence-electron chi connectivity index (χ1n) is 5.00. The maximum absolute atomic E-state index is 5.81. The maximum atomic E-state index is 5.81. The number of aromatic nitrogens is 2. The van der Waals surface area contributed by atoms with Gasteiger partial charge in [0, 0.05) is 16.3 Å². The van der Waals surface area contributed by atoms with E-state index in [9.17, 15) is 0 Å². The van der Waals surface area contributed by atoms with Crippen molar-refractivity contribution in [2.24, 2.45) is 5.10 Å². The summed E-state index contributed by atoms with van der Waals surface area (Å²) >= 11 is 7.27. The van der Waals surface area contributed by atoms with Crippen molar-refractivity contribution in [3.8, 4) is 0 Å². The molecular weight excluding hydrogens is 256 g/mol. The molecule has 2 aromatic rings. The first-order chi connectivity index (χ1) is 8.13. The summed E-state index contributed by atoms with van der Waals surface area (Å²) in [4.78, 5) is 9.40. The molecule has 0 fully saturated rings.